The van der Waals surface area contributed by atoms with Gasteiger partial charge in [-0.05, 0) is 140 Å². The lowest BCUT2D eigenvalue weighted by molar-refractivity contribution is -0.157. The van der Waals surface area contributed by atoms with Crippen molar-refractivity contribution in [3.63, 3.8) is 0 Å². The quantitative estimate of drug-likeness (QED) is 0.0592. The summed E-state index contributed by atoms with van der Waals surface area (Å²) in [6.45, 7) is 10.2. The van der Waals surface area contributed by atoms with E-state index in [2.05, 4.69) is 21.3 Å². The number of fused-ring (bicyclic) bond motifs is 10. The summed E-state index contributed by atoms with van der Waals surface area (Å²) in [6.07, 6.45) is 0.0285. The van der Waals surface area contributed by atoms with Crippen LogP contribution in [-0.4, -0.2) is 84.5 Å². The van der Waals surface area contributed by atoms with E-state index in [1.54, 1.807) is 78.0 Å². The van der Waals surface area contributed by atoms with Crippen LogP contribution in [0, 0.1) is 5.92 Å². The number of ether oxygens (including phenoxy) is 5. The number of allylic oxidation sites excluding steroid dienone is 1. The van der Waals surface area contributed by atoms with E-state index >= 15 is 0 Å². The Morgan fingerprint density at radius 3 is 1.45 bits per heavy atom. The van der Waals surface area contributed by atoms with Gasteiger partial charge in [0.2, 0.25) is 11.8 Å². The number of esters is 3. The molecule has 0 spiro atoms. The molecule has 83 heavy (non-hydrogen) atoms. The zero-order valence-electron chi connectivity index (χ0n) is 46.9. The first kappa shape index (κ1) is 55.6. The number of nitrogens with one attached hydrogen (secondary N) is 4. The number of carbonyl (C=O) groups excluding carboxylic acids is 7. The number of carbonyl (C=O) groups is 7. The van der Waals surface area contributed by atoms with E-state index in [0.29, 0.717) is 11.3 Å². The SMILES string of the molecule is CC(C)(C)OC(=O)C[C@H](NC(=O)OCC1c2ccccc2-c2ccccc21)C(=O)NC1=CC2OC(=O)c3ccccc3C3c4ccc(NC(=O)[C@H](CC(=O)OC(C)(C)C)NC(=O)OCC5c6ccccc6-c6ccccc65)cc4CC(=C1)C23. The van der Waals surface area contributed by atoms with Gasteiger partial charge in [-0.3, -0.25) is 19.2 Å². The minimum absolute atomic E-state index is 0.0183. The van der Waals surface area contributed by atoms with Crippen LogP contribution in [0.2, 0.25) is 0 Å². The lowest BCUT2D eigenvalue weighted by atomic mass is 9.65. The van der Waals surface area contributed by atoms with E-state index in [1.165, 1.54) is 0 Å². The summed E-state index contributed by atoms with van der Waals surface area (Å²) in [7, 11) is 0. The number of amides is 4. The van der Waals surface area contributed by atoms with Crippen molar-refractivity contribution in [2.24, 2.45) is 5.92 Å². The number of hydrogen-bond acceptors (Lipinski definition) is 12. The van der Waals surface area contributed by atoms with Crippen LogP contribution in [-0.2, 0) is 49.3 Å². The first-order valence-electron chi connectivity index (χ1n) is 27.9. The van der Waals surface area contributed by atoms with Crippen molar-refractivity contribution in [3.05, 3.63) is 207 Å². The molecule has 424 valence electrons. The molecule has 5 aliphatic rings. The van der Waals surface area contributed by atoms with Gasteiger partial charge in [-0.25, -0.2) is 14.4 Å². The average molecular weight is 1120 g/mol. The van der Waals surface area contributed by atoms with Gasteiger partial charge >= 0.3 is 30.1 Å². The molecule has 4 aliphatic carbocycles. The van der Waals surface area contributed by atoms with Gasteiger partial charge in [0.25, 0.3) is 0 Å². The van der Waals surface area contributed by atoms with Crippen LogP contribution in [0.3, 0.4) is 0 Å². The molecule has 0 bridgehead atoms. The van der Waals surface area contributed by atoms with Crippen molar-refractivity contribution >= 4 is 47.6 Å². The highest BCUT2D eigenvalue weighted by Gasteiger charge is 2.46. The third-order valence-corrected chi connectivity index (χ3v) is 15.5. The van der Waals surface area contributed by atoms with Crippen LogP contribution in [0.15, 0.2) is 163 Å². The molecule has 4 amide bonds. The summed E-state index contributed by atoms with van der Waals surface area (Å²) in [5.41, 5.74) is 10.6. The van der Waals surface area contributed by atoms with Crippen molar-refractivity contribution < 1.29 is 57.2 Å². The Morgan fingerprint density at radius 2 is 0.976 bits per heavy atom. The highest BCUT2D eigenvalue weighted by molar-refractivity contribution is 5.99. The lowest BCUT2D eigenvalue weighted by Gasteiger charge is -2.40. The van der Waals surface area contributed by atoms with Crippen LogP contribution < -0.4 is 21.3 Å². The molecule has 1 heterocycles. The second-order valence-electron chi connectivity index (χ2n) is 23.5. The Hall–Kier alpha value is -9.31. The predicted molar refractivity (Wildman–Crippen MR) is 309 cm³/mol. The Labute approximate surface area is 481 Å². The van der Waals surface area contributed by atoms with Gasteiger partial charge in [-0.1, -0.05) is 127 Å². The molecule has 3 unspecified atom stereocenters. The summed E-state index contributed by atoms with van der Waals surface area (Å²) >= 11 is 0. The van der Waals surface area contributed by atoms with Gasteiger partial charge in [0.05, 0.1) is 18.4 Å². The van der Waals surface area contributed by atoms with E-state index in [-0.39, 0.29) is 37.2 Å². The maximum atomic E-state index is 14.5. The first-order valence-corrected chi connectivity index (χ1v) is 27.9. The lowest BCUT2D eigenvalue weighted by Crippen LogP contribution is -2.49. The number of hydrogen-bond donors (Lipinski definition) is 4. The zero-order valence-corrected chi connectivity index (χ0v) is 46.9. The van der Waals surface area contributed by atoms with Crippen LogP contribution in [0.5, 0.6) is 0 Å². The summed E-state index contributed by atoms with van der Waals surface area (Å²) in [5, 5.41) is 11.1. The number of alkyl carbamates (subject to hydrolysis) is 2. The molecule has 16 heteroatoms. The topological polar surface area (TPSA) is 214 Å². The van der Waals surface area contributed by atoms with Crippen molar-refractivity contribution in [1.29, 1.82) is 0 Å². The largest absolute Gasteiger partial charge is 0.460 e. The number of benzene rings is 6. The third-order valence-electron chi connectivity index (χ3n) is 15.5. The molecule has 16 nitrogen and oxygen atoms in total. The smallest absolute Gasteiger partial charge is 0.407 e. The maximum Gasteiger partial charge on any atom is 0.407 e. The molecule has 11 rings (SSSR count). The molecule has 0 fully saturated rings. The molecule has 4 N–H and O–H groups in total. The molecule has 0 saturated heterocycles. The van der Waals surface area contributed by atoms with E-state index in [0.717, 1.165) is 66.8 Å². The van der Waals surface area contributed by atoms with Gasteiger partial charge in [0.1, 0.15) is 42.6 Å². The van der Waals surface area contributed by atoms with Crippen molar-refractivity contribution in [3.8, 4) is 22.3 Å². The molecule has 0 radical (unpaired) electrons. The van der Waals surface area contributed by atoms with Crippen LogP contribution in [0.25, 0.3) is 22.3 Å². The van der Waals surface area contributed by atoms with Gasteiger partial charge in [-0.2, -0.15) is 0 Å². The monoisotopic (exact) mass is 1120 g/mol. The van der Waals surface area contributed by atoms with Gasteiger partial charge in [0.15, 0.2) is 0 Å². The fraction of sp³-hybridized carbons (Fsp3) is 0.299. The standard InChI is InChI=1S/C67H64N4O12/c1-66(2,3)82-57(72)33-54(70-64(77)79-35-52-46-21-11-7-17-42(46)43-18-8-12-22-47(43)52)61(74)68-39-27-28-41-37(30-39)29-38-31-40(32-56-59(38)60(41)50-25-15-16-26-51(50)63(76)81-56)69-62(75)55(34-58(73)83-67(4,5)6)71-65(78)80-36-53-48-23-13-9-19-44(48)45-20-10-14-24-49(45)53/h7-28,30-32,52-56,59-60H,29,33-36H2,1-6H3,(H,68,74)(H,69,75)(H,70,77)(H,71,78)/t54-,55-,56?,59?,60?/m0/s1. The predicted octanol–water partition coefficient (Wildman–Crippen LogP) is 10.7. The van der Waals surface area contributed by atoms with Crippen LogP contribution in [0.4, 0.5) is 15.3 Å². The molecular weight excluding hydrogens is 1050 g/mol. The second kappa shape index (κ2) is 22.6. The minimum Gasteiger partial charge on any atom is -0.460 e. The summed E-state index contributed by atoms with van der Waals surface area (Å²) in [6, 6.07) is 41.4. The van der Waals surface area contributed by atoms with Crippen LogP contribution >= 0.6 is 0 Å². The second-order valence-corrected chi connectivity index (χ2v) is 23.5. The van der Waals surface area contributed by atoms with E-state index in [1.807, 2.05) is 115 Å². The Balaban J connectivity index is 0.833. The van der Waals surface area contributed by atoms with Gasteiger partial charge in [0, 0.05) is 35.1 Å². The molecule has 6 aromatic carbocycles. The van der Waals surface area contributed by atoms with Gasteiger partial charge < -0.3 is 45.0 Å². The molecule has 0 aromatic heterocycles. The minimum atomic E-state index is -1.46. The summed E-state index contributed by atoms with van der Waals surface area (Å²) in [5.74, 6) is -4.82. The molecule has 5 atom stereocenters. The highest BCUT2D eigenvalue weighted by Crippen LogP contribution is 2.51. The summed E-state index contributed by atoms with van der Waals surface area (Å²) < 4.78 is 29.1. The zero-order chi connectivity index (χ0) is 58.3. The number of anilines is 1. The van der Waals surface area contributed by atoms with Crippen LogP contribution in [0.1, 0.15) is 121 Å². The normalized spacial score (nSPS) is 17.9. The summed E-state index contributed by atoms with van der Waals surface area (Å²) in [4.78, 5) is 97.0. The van der Waals surface area contributed by atoms with Gasteiger partial charge in [-0.15, -0.1) is 0 Å². The highest BCUT2D eigenvalue weighted by atomic mass is 16.6. The third kappa shape index (κ3) is 11.9. The van der Waals surface area contributed by atoms with Crippen molar-refractivity contribution in [2.75, 3.05) is 18.5 Å². The fourth-order valence-electron chi connectivity index (χ4n) is 12.2. The van der Waals surface area contributed by atoms with Crippen molar-refractivity contribution in [1.82, 2.24) is 16.0 Å². The Kier molecular flexibility index (Phi) is 15.1. The molecule has 0 saturated carbocycles. The Morgan fingerprint density at radius 1 is 0.542 bits per heavy atom. The van der Waals surface area contributed by atoms with Crippen molar-refractivity contribution in [2.45, 2.75) is 108 Å². The maximum absolute atomic E-state index is 14.5. The molecule has 1 aliphatic heterocycles. The van der Waals surface area contributed by atoms with E-state index in [4.69, 9.17) is 23.7 Å². The number of rotatable bonds is 14. The van der Waals surface area contributed by atoms with E-state index < -0.39 is 96.0 Å². The first-order chi connectivity index (χ1) is 39.7. The fourth-order valence-corrected chi connectivity index (χ4v) is 12.2. The Bertz CT molecular complexity index is 3590. The average Bonchev–Trinajstić information content (AvgIpc) is 2.42. The van der Waals surface area contributed by atoms with E-state index in [9.17, 15) is 33.6 Å². The molecular formula is C67H64N4O12. The molecule has 6 aromatic rings.